The molecular weight excluding hydrogens is 372 g/mol. The Morgan fingerprint density at radius 1 is 1.18 bits per heavy atom. The number of para-hydroxylation sites is 2. The van der Waals surface area contributed by atoms with Gasteiger partial charge in [0, 0.05) is 31.6 Å². The van der Waals surface area contributed by atoms with Crippen molar-refractivity contribution in [3.05, 3.63) is 53.7 Å². The molecule has 3 aromatic rings. The molecule has 2 aromatic heterocycles. The highest BCUT2D eigenvalue weighted by atomic mass is 32.1. The van der Waals surface area contributed by atoms with Gasteiger partial charge >= 0.3 is 0 Å². The van der Waals surface area contributed by atoms with E-state index < -0.39 is 0 Å². The number of thiazole rings is 1. The van der Waals surface area contributed by atoms with E-state index in [2.05, 4.69) is 33.1 Å². The van der Waals surface area contributed by atoms with Gasteiger partial charge in [0.1, 0.15) is 0 Å². The van der Waals surface area contributed by atoms with E-state index in [-0.39, 0.29) is 12.3 Å². The van der Waals surface area contributed by atoms with Gasteiger partial charge in [-0.05, 0) is 30.8 Å². The molecule has 1 amide bonds. The zero-order valence-electron chi connectivity index (χ0n) is 15.9. The minimum Gasteiger partial charge on any atom is -0.462 e. The summed E-state index contributed by atoms with van der Waals surface area (Å²) in [6.45, 7) is 7.32. The number of nitrogens with zero attached hydrogens (tertiary/aromatic N) is 3. The smallest absolute Gasteiger partial charge is 0.230 e. The molecule has 0 aliphatic carbocycles. The predicted octanol–water partition coefficient (Wildman–Crippen LogP) is 3.73. The van der Waals surface area contributed by atoms with Crippen molar-refractivity contribution in [2.24, 2.45) is 0 Å². The molecule has 0 atom stereocenters. The molecule has 0 spiro atoms. The van der Waals surface area contributed by atoms with Crippen molar-refractivity contribution in [2.45, 2.75) is 13.3 Å². The van der Waals surface area contributed by atoms with E-state index in [9.17, 15) is 4.79 Å². The molecule has 28 heavy (non-hydrogen) atoms. The van der Waals surface area contributed by atoms with E-state index >= 15 is 0 Å². The zero-order chi connectivity index (χ0) is 19.3. The lowest BCUT2D eigenvalue weighted by atomic mass is 10.2. The Morgan fingerprint density at radius 3 is 2.75 bits per heavy atom. The number of carbonyl (C=O) groups is 1. The average Bonchev–Trinajstić information content (AvgIpc) is 3.40. The van der Waals surface area contributed by atoms with Gasteiger partial charge in [-0.15, -0.1) is 11.3 Å². The van der Waals surface area contributed by atoms with Crippen LogP contribution in [0.2, 0.25) is 0 Å². The van der Waals surface area contributed by atoms with E-state index in [1.807, 2.05) is 35.7 Å². The largest absolute Gasteiger partial charge is 0.462 e. The van der Waals surface area contributed by atoms with Gasteiger partial charge in [0.2, 0.25) is 5.91 Å². The first-order valence-electron chi connectivity index (χ1n) is 9.57. The van der Waals surface area contributed by atoms with Crippen LogP contribution in [-0.4, -0.2) is 48.5 Å². The summed E-state index contributed by atoms with van der Waals surface area (Å²) in [5.41, 5.74) is 2.70. The van der Waals surface area contributed by atoms with Crippen LogP contribution >= 0.6 is 11.3 Å². The summed E-state index contributed by atoms with van der Waals surface area (Å²) < 4.78 is 5.37. The van der Waals surface area contributed by atoms with Gasteiger partial charge in [-0.3, -0.25) is 4.79 Å². The number of amides is 1. The monoisotopic (exact) mass is 396 g/mol. The van der Waals surface area contributed by atoms with Crippen molar-refractivity contribution < 1.29 is 9.21 Å². The molecule has 4 rings (SSSR count). The first kappa shape index (κ1) is 18.7. The van der Waals surface area contributed by atoms with E-state index in [1.165, 1.54) is 11.3 Å². The number of anilines is 2. The van der Waals surface area contributed by atoms with Gasteiger partial charge in [-0.1, -0.05) is 19.1 Å². The van der Waals surface area contributed by atoms with Crippen LogP contribution in [0.4, 0.5) is 11.4 Å². The number of nitrogens with one attached hydrogen (secondary N) is 1. The minimum atomic E-state index is -0.0593. The van der Waals surface area contributed by atoms with Crippen molar-refractivity contribution in [3.8, 4) is 10.8 Å². The van der Waals surface area contributed by atoms with E-state index in [1.54, 1.807) is 6.26 Å². The Kier molecular flexibility index (Phi) is 5.73. The Morgan fingerprint density at radius 2 is 2.00 bits per heavy atom. The molecule has 1 fully saturated rings. The summed E-state index contributed by atoms with van der Waals surface area (Å²) >= 11 is 1.49. The van der Waals surface area contributed by atoms with Crippen molar-refractivity contribution in [3.63, 3.8) is 0 Å². The number of benzene rings is 1. The van der Waals surface area contributed by atoms with E-state index in [0.29, 0.717) is 0 Å². The van der Waals surface area contributed by atoms with Crippen LogP contribution in [0.15, 0.2) is 52.5 Å². The Hall–Kier alpha value is -2.64. The number of carbonyl (C=O) groups excluding carboxylic acids is 1. The summed E-state index contributed by atoms with van der Waals surface area (Å²) in [5, 5.41) is 5.78. The van der Waals surface area contributed by atoms with Crippen LogP contribution < -0.4 is 10.2 Å². The van der Waals surface area contributed by atoms with Crippen molar-refractivity contribution in [1.82, 2.24) is 9.88 Å². The molecule has 0 radical (unpaired) electrons. The Balaban J connectivity index is 1.41. The fourth-order valence-corrected chi connectivity index (χ4v) is 4.21. The highest BCUT2D eigenvalue weighted by molar-refractivity contribution is 7.13. The summed E-state index contributed by atoms with van der Waals surface area (Å²) in [5.74, 6) is 0.671. The molecule has 146 valence electrons. The summed E-state index contributed by atoms with van der Waals surface area (Å²) in [7, 11) is 0. The van der Waals surface area contributed by atoms with Crippen LogP contribution in [0.5, 0.6) is 0 Å². The van der Waals surface area contributed by atoms with Crippen molar-refractivity contribution in [2.75, 3.05) is 42.9 Å². The normalized spacial score (nSPS) is 15.0. The first-order chi connectivity index (χ1) is 13.7. The molecular formula is C21H24N4O2S. The second-order valence-corrected chi connectivity index (χ2v) is 7.64. The Bertz CT molecular complexity index is 914. The van der Waals surface area contributed by atoms with Gasteiger partial charge in [0.25, 0.3) is 0 Å². The van der Waals surface area contributed by atoms with E-state index in [0.717, 1.165) is 60.6 Å². The van der Waals surface area contributed by atoms with Crippen molar-refractivity contribution in [1.29, 1.82) is 0 Å². The summed E-state index contributed by atoms with van der Waals surface area (Å²) in [6.07, 6.45) is 1.87. The van der Waals surface area contributed by atoms with E-state index in [4.69, 9.17) is 4.42 Å². The number of hydrogen-bond donors (Lipinski definition) is 1. The summed E-state index contributed by atoms with van der Waals surface area (Å²) in [6, 6.07) is 11.7. The fraction of sp³-hybridized carbons (Fsp3) is 0.333. The molecule has 0 saturated carbocycles. The third-order valence-electron chi connectivity index (χ3n) is 4.96. The number of rotatable bonds is 6. The minimum absolute atomic E-state index is 0.0593. The fourth-order valence-electron chi connectivity index (χ4n) is 3.42. The molecule has 0 bridgehead atoms. The number of aromatic nitrogens is 1. The Labute approximate surface area is 168 Å². The average molecular weight is 397 g/mol. The lowest BCUT2D eigenvalue weighted by Gasteiger charge is -2.36. The van der Waals surface area contributed by atoms with Crippen LogP contribution in [0.25, 0.3) is 10.8 Å². The standard InChI is InChI=1S/C21H24N4O2S/c1-2-24-9-11-25(12-10-24)18-7-4-3-6-17(18)23-20(26)14-16-15-28-21(22-16)19-8-5-13-27-19/h3-8,13,15H,2,9-12,14H2,1H3,(H,23,26). The third-order valence-corrected chi connectivity index (χ3v) is 5.87. The highest BCUT2D eigenvalue weighted by Crippen LogP contribution is 2.27. The third kappa shape index (κ3) is 4.26. The lowest BCUT2D eigenvalue weighted by molar-refractivity contribution is -0.115. The molecule has 1 aliphatic heterocycles. The molecule has 1 N–H and O–H groups in total. The molecule has 3 heterocycles. The topological polar surface area (TPSA) is 61.6 Å². The van der Waals surface area contributed by atoms with Gasteiger partial charge in [-0.25, -0.2) is 4.98 Å². The molecule has 6 nitrogen and oxygen atoms in total. The predicted molar refractivity (Wildman–Crippen MR) is 113 cm³/mol. The second kappa shape index (κ2) is 8.58. The van der Waals surface area contributed by atoms with Crippen LogP contribution in [0, 0.1) is 0 Å². The van der Waals surface area contributed by atoms with Crippen LogP contribution in [-0.2, 0) is 11.2 Å². The maximum absolute atomic E-state index is 12.6. The molecule has 0 unspecified atom stereocenters. The van der Waals surface area contributed by atoms with Gasteiger partial charge in [0.15, 0.2) is 10.8 Å². The molecule has 1 aromatic carbocycles. The van der Waals surface area contributed by atoms with Gasteiger partial charge in [-0.2, -0.15) is 0 Å². The molecule has 7 heteroatoms. The molecule has 1 saturated heterocycles. The first-order valence-corrected chi connectivity index (χ1v) is 10.5. The molecule has 1 aliphatic rings. The number of piperazine rings is 1. The second-order valence-electron chi connectivity index (χ2n) is 6.78. The maximum atomic E-state index is 12.6. The van der Waals surface area contributed by atoms with Crippen LogP contribution in [0.3, 0.4) is 0 Å². The van der Waals surface area contributed by atoms with Gasteiger partial charge < -0.3 is 19.5 Å². The quantitative estimate of drug-likeness (QED) is 0.688. The SMILES string of the molecule is CCN1CCN(c2ccccc2NC(=O)Cc2csc(-c3ccco3)n2)CC1. The number of hydrogen-bond acceptors (Lipinski definition) is 6. The van der Waals surface area contributed by atoms with Gasteiger partial charge in [0.05, 0.1) is 29.8 Å². The highest BCUT2D eigenvalue weighted by Gasteiger charge is 2.19. The maximum Gasteiger partial charge on any atom is 0.230 e. The van der Waals surface area contributed by atoms with Crippen LogP contribution in [0.1, 0.15) is 12.6 Å². The van der Waals surface area contributed by atoms with Crippen molar-refractivity contribution >= 4 is 28.6 Å². The zero-order valence-corrected chi connectivity index (χ0v) is 16.7. The summed E-state index contributed by atoms with van der Waals surface area (Å²) in [4.78, 5) is 21.9. The lowest BCUT2D eigenvalue weighted by Crippen LogP contribution is -2.46. The number of furan rings is 1. The number of likely N-dealkylation sites (N-methyl/N-ethyl adjacent to an activating group) is 1.